The van der Waals surface area contributed by atoms with Crippen molar-refractivity contribution >= 4 is 17.5 Å². The molecule has 3 aliphatic rings. The van der Waals surface area contributed by atoms with Gasteiger partial charge in [-0.05, 0) is 30.7 Å². The molecule has 3 saturated heterocycles. The minimum Gasteiger partial charge on any atom is -0.490 e. The van der Waals surface area contributed by atoms with Crippen LogP contribution >= 0.6 is 0 Å². The molecule has 3 aliphatic heterocycles. The third-order valence-electron chi connectivity index (χ3n) is 7.68. The predicted octanol–water partition coefficient (Wildman–Crippen LogP) is 3.43. The molecule has 0 unspecified atom stereocenters. The first-order valence-corrected chi connectivity index (χ1v) is 10.9. The summed E-state index contributed by atoms with van der Waals surface area (Å²) >= 11 is 0. The molecule has 1 amide bonds. The van der Waals surface area contributed by atoms with Crippen LogP contribution in [0.5, 0.6) is 5.75 Å². The molecule has 170 valence electrons. The summed E-state index contributed by atoms with van der Waals surface area (Å²) in [5, 5.41) is 20.9. The van der Waals surface area contributed by atoms with Gasteiger partial charge in [-0.25, -0.2) is 4.79 Å². The number of benzene rings is 1. The van der Waals surface area contributed by atoms with Crippen molar-refractivity contribution in [2.75, 3.05) is 38.2 Å². The average molecular weight is 433 g/mol. The van der Waals surface area contributed by atoms with Gasteiger partial charge in [0.25, 0.3) is 0 Å². The Kier molecular flexibility index (Phi) is 5.28. The highest BCUT2D eigenvalue weighted by atomic mass is 16.6. The maximum absolute atomic E-state index is 11.9. The number of rotatable bonds is 4. The summed E-state index contributed by atoms with van der Waals surface area (Å²) in [6.07, 6.45) is 2.08. The summed E-state index contributed by atoms with van der Waals surface area (Å²) in [4.78, 5) is 29.1. The molecule has 3 fully saturated rings. The fraction of sp³-hybridized carbons (Fsp3) is 0.682. The second-order valence-corrected chi connectivity index (χ2v) is 10.0. The van der Waals surface area contributed by atoms with Crippen molar-refractivity contribution in [2.45, 2.75) is 57.7 Å². The number of carbonyl (C=O) groups is 1. The van der Waals surface area contributed by atoms with E-state index in [9.17, 15) is 20.0 Å². The van der Waals surface area contributed by atoms with Crippen molar-refractivity contribution in [1.29, 1.82) is 0 Å². The lowest BCUT2D eigenvalue weighted by Gasteiger charge is -2.50. The highest BCUT2D eigenvalue weighted by Gasteiger charge is 2.62. The van der Waals surface area contributed by atoms with Crippen molar-refractivity contribution in [1.82, 2.24) is 9.80 Å². The highest BCUT2D eigenvalue weighted by Crippen LogP contribution is 2.51. The van der Waals surface area contributed by atoms with Gasteiger partial charge < -0.3 is 14.7 Å². The molecule has 0 aromatic heterocycles. The lowest BCUT2D eigenvalue weighted by Crippen LogP contribution is -2.63. The molecule has 0 saturated carbocycles. The second-order valence-electron chi connectivity index (χ2n) is 10.0. The number of piperazine rings is 1. The number of nitro benzene ring substituents is 1. The summed E-state index contributed by atoms with van der Waals surface area (Å²) in [7, 11) is 1.45. The van der Waals surface area contributed by atoms with Crippen LogP contribution in [0.15, 0.2) is 18.2 Å². The fourth-order valence-electron chi connectivity index (χ4n) is 5.86. The Hall–Kier alpha value is -2.55. The first-order chi connectivity index (χ1) is 14.6. The molecule has 1 aromatic rings. The summed E-state index contributed by atoms with van der Waals surface area (Å²) < 4.78 is 5.22. The maximum atomic E-state index is 11.9. The number of nitro groups is 1. The molecular formula is C22H32N4O5. The standard InChI is InChI=1S/C22H32N4O5/c1-21(2,3)22-12-17(13-25(22)20(27)28)24(14-22)15-7-9-23(10-8-15)16-5-6-18(26(29)30)19(11-16)31-4/h5-6,11,15,17H,7-10,12-14H2,1-4H3,(H,27,28)/t17-,22+/m0/s1. The van der Waals surface area contributed by atoms with E-state index in [0.29, 0.717) is 12.6 Å². The molecule has 2 atom stereocenters. The Morgan fingerprint density at radius 3 is 2.48 bits per heavy atom. The number of fused-ring (bicyclic) bond motifs is 2. The van der Waals surface area contributed by atoms with Crippen LogP contribution in [0.3, 0.4) is 0 Å². The molecule has 9 nitrogen and oxygen atoms in total. The number of anilines is 1. The smallest absolute Gasteiger partial charge is 0.407 e. The van der Waals surface area contributed by atoms with E-state index in [4.69, 9.17) is 4.74 Å². The molecule has 0 spiro atoms. The Labute approximate surface area is 182 Å². The third-order valence-corrected chi connectivity index (χ3v) is 7.68. The van der Waals surface area contributed by atoms with E-state index in [1.807, 2.05) is 0 Å². The van der Waals surface area contributed by atoms with E-state index in [1.54, 1.807) is 17.0 Å². The van der Waals surface area contributed by atoms with Gasteiger partial charge in [-0.15, -0.1) is 0 Å². The molecule has 3 heterocycles. The maximum Gasteiger partial charge on any atom is 0.407 e. The molecule has 9 heteroatoms. The lowest BCUT2D eigenvalue weighted by molar-refractivity contribution is -0.385. The third kappa shape index (κ3) is 3.48. The van der Waals surface area contributed by atoms with E-state index < -0.39 is 11.0 Å². The van der Waals surface area contributed by atoms with Crippen molar-refractivity contribution in [2.24, 2.45) is 5.41 Å². The predicted molar refractivity (Wildman–Crippen MR) is 117 cm³/mol. The Bertz CT molecular complexity index is 877. The van der Waals surface area contributed by atoms with Gasteiger partial charge in [0.2, 0.25) is 0 Å². The van der Waals surface area contributed by atoms with Crippen LogP contribution in [-0.2, 0) is 0 Å². The van der Waals surface area contributed by atoms with Gasteiger partial charge in [0, 0.05) is 56.1 Å². The van der Waals surface area contributed by atoms with Crippen molar-refractivity contribution in [3.63, 3.8) is 0 Å². The normalized spacial score (nSPS) is 27.0. The van der Waals surface area contributed by atoms with Crippen LogP contribution < -0.4 is 9.64 Å². The van der Waals surface area contributed by atoms with Crippen molar-refractivity contribution < 1.29 is 19.6 Å². The Morgan fingerprint density at radius 1 is 1.26 bits per heavy atom. The van der Waals surface area contributed by atoms with E-state index in [0.717, 1.165) is 44.6 Å². The van der Waals surface area contributed by atoms with E-state index in [-0.39, 0.29) is 28.4 Å². The number of hydrogen-bond acceptors (Lipinski definition) is 6. The Morgan fingerprint density at radius 2 is 1.94 bits per heavy atom. The van der Waals surface area contributed by atoms with Gasteiger partial charge in [0.05, 0.1) is 17.6 Å². The SMILES string of the molecule is COc1cc(N2CCC(N3C[C@@]4(C(C)(C)C)C[C@H]3CN4C(=O)O)CC2)ccc1[N+](=O)[O-]. The van der Waals surface area contributed by atoms with Gasteiger partial charge in [-0.1, -0.05) is 20.8 Å². The van der Waals surface area contributed by atoms with Crippen LogP contribution in [-0.4, -0.2) is 76.8 Å². The first-order valence-electron chi connectivity index (χ1n) is 10.9. The molecule has 0 aliphatic carbocycles. The summed E-state index contributed by atoms with van der Waals surface area (Å²) in [6.45, 7) is 9.56. The molecule has 0 radical (unpaired) electrons. The van der Waals surface area contributed by atoms with Crippen LogP contribution in [0.25, 0.3) is 0 Å². The second kappa shape index (κ2) is 7.55. The molecule has 2 bridgehead atoms. The molecule has 1 aromatic carbocycles. The van der Waals surface area contributed by atoms with Crippen LogP contribution in [0.1, 0.15) is 40.0 Å². The molecule has 31 heavy (non-hydrogen) atoms. The summed E-state index contributed by atoms with van der Waals surface area (Å²) in [5.41, 5.74) is 0.466. The van der Waals surface area contributed by atoms with Crippen LogP contribution in [0.4, 0.5) is 16.2 Å². The minimum atomic E-state index is -0.806. The largest absolute Gasteiger partial charge is 0.490 e. The lowest BCUT2D eigenvalue weighted by atomic mass is 9.73. The zero-order chi connectivity index (χ0) is 22.6. The van der Waals surface area contributed by atoms with Gasteiger partial charge in [-0.3, -0.25) is 19.9 Å². The average Bonchev–Trinajstić information content (AvgIpc) is 3.31. The molecular weight excluding hydrogens is 400 g/mol. The van der Waals surface area contributed by atoms with Gasteiger partial charge in [-0.2, -0.15) is 0 Å². The summed E-state index contributed by atoms with van der Waals surface area (Å²) in [6, 6.07) is 5.76. The van der Waals surface area contributed by atoms with Gasteiger partial charge >= 0.3 is 11.8 Å². The summed E-state index contributed by atoms with van der Waals surface area (Å²) in [5.74, 6) is 0.280. The number of likely N-dealkylation sites (tertiary alicyclic amines) is 2. The number of carboxylic acid groups (broad SMARTS) is 1. The number of amides is 1. The van der Waals surface area contributed by atoms with E-state index in [2.05, 4.69) is 30.6 Å². The van der Waals surface area contributed by atoms with Crippen molar-refractivity contribution in [3.05, 3.63) is 28.3 Å². The Balaban J connectivity index is 1.45. The van der Waals surface area contributed by atoms with E-state index >= 15 is 0 Å². The number of ether oxygens (including phenoxy) is 1. The molecule has 4 rings (SSSR count). The van der Waals surface area contributed by atoms with E-state index in [1.165, 1.54) is 13.2 Å². The number of nitrogens with zero attached hydrogens (tertiary/aromatic N) is 4. The zero-order valence-electron chi connectivity index (χ0n) is 18.7. The quantitative estimate of drug-likeness (QED) is 0.575. The fourth-order valence-corrected chi connectivity index (χ4v) is 5.86. The number of methoxy groups -OCH3 is 1. The van der Waals surface area contributed by atoms with Gasteiger partial charge in [0.15, 0.2) is 5.75 Å². The molecule has 1 N–H and O–H groups in total. The minimum absolute atomic E-state index is 0.0234. The van der Waals surface area contributed by atoms with Crippen LogP contribution in [0.2, 0.25) is 0 Å². The number of piperidine rings is 1. The van der Waals surface area contributed by atoms with Gasteiger partial charge in [0.1, 0.15) is 0 Å². The first kappa shape index (κ1) is 21.7. The van der Waals surface area contributed by atoms with Crippen molar-refractivity contribution in [3.8, 4) is 5.75 Å². The monoisotopic (exact) mass is 432 g/mol. The van der Waals surface area contributed by atoms with Crippen LogP contribution in [0, 0.1) is 15.5 Å². The zero-order valence-corrected chi connectivity index (χ0v) is 18.7. The highest BCUT2D eigenvalue weighted by molar-refractivity contribution is 5.68. The topological polar surface area (TPSA) is 99.4 Å². The number of hydrogen-bond donors (Lipinski definition) is 1.